The Labute approximate surface area is 136 Å². The number of nitrogens with zero attached hydrogens (tertiary/aromatic N) is 1. The third-order valence-electron chi connectivity index (χ3n) is 3.75. The summed E-state index contributed by atoms with van der Waals surface area (Å²) in [4.78, 5) is 4.01. The number of hydrogen-bond donors (Lipinski definition) is 1. The molecule has 0 spiro atoms. The molecule has 2 N–H and O–H groups in total. The topological polar surface area (TPSA) is 29.3 Å². The third-order valence-corrected chi connectivity index (χ3v) is 5.51. The fraction of sp³-hybridized carbons (Fsp3) is 0.750. The Morgan fingerprint density at radius 2 is 1.80 bits per heavy atom. The Morgan fingerprint density at radius 3 is 2.20 bits per heavy atom. The number of unbranched alkanes of at least 4 members (excludes halogenated alkanes) is 2. The summed E-state index contributed by atoms with van der Waals surface area (Å²) < 4.78 is 1.18. The number of nitrogens with two attached hydrogens (primary N) is 1. The minimum absolute atomic E-state index is 0.217. The van der Waals surface area contributed by atoms with Gasteiger partial charge in [-0.1, -0.05) is 33.6 Å². The van der Waals surface area contributed by atoms with Crippen LogP contribution in [0.25, 0.3) is 0 Å². The SMILES string of the molecule is CCCCN(CCCC)C(c1cc(Br)cs1)C(N)CC. The van der Waals surface area contributed by atoms with Crippen LogP contribution in [0, 0.1) is 0 Å². The highest BCUT2D eigenvalue weighted by atomic mass is 79.9. The molecule has 0 aliphatic carbocycles. The van der Waals surface area contributed by atoms with Crippen LogP contribution < -0.4 is 5.73 Å². The van der Waals surface area contributed by atoms with E-state index >= 15 is 0 Å². The fourth-order valence-electron chi connectivity index (χ4n) is 2.48. The Hall–Kier alpha value is 0.1000. The molecule has 1 rings (SSSR count). The van der Waals surface area contributed by atoms with Crippen molar-refractivity contribution in [1.82, 2.24) is 4.90 Å². The zero-order chi connectivity index (χ0) is 15.0. The molecule has 2 unspecified atom stereocenters. The van der Waals surface area contributed by atoms with Crippen molar-refractivity contribution in [2.75, 3.05) is 13.1 Å². The monoisotopic (exact) mass is 360 g/mol. The van der Waals surface area contributed by atoms with E-state index in [0.717, 1.165) is 19.5 Å². The van der Waals surface area contributed by atoms with E-state index in [1.165, 1.54) is 35.0 Å². The van der Waals surface area contributed by atoms with E-state index < -0.39 is 0 Å². The summed E-state index contributed by atoms with van der Waals surface area (Å²) in [5, 5.41) is 2.17. The second-order valence-corrected chi connectivity index (χ2v) is 7.29. The zero-order valence-corrected chi connectivity index (χ0v) is 15.5. The van der Waals surface area contributed by atoms with Crippen molar-refractivity contribution in [3.05, 3.63) is 20.8 Å². The van der Waals surface area contributed by atoms with Crippen molar-refractivity contribution < 1.29 is 0 Å². The summed E-state index contributed by atoms with van der Waals surface area (Å²) in [5.41, 5.74) is 6.45. The molecular weight excluding hydrogens is 332 g/mol. The molecule has 2 atom stereocenters. The van der Waals surface area contributed by atoms with Crippen LogP contribution in [0.3, 0.4) is 0 Å². The van der Waals surface area contributed by atoms with Crippen molar-refractivity contribution in [2.24, 2.45) is 5.73 Å². The van der Waals surface area contributed by atoms with E-state index in [1.54, 1.807) is 0 Å². The molecule has 0 aliphatic rings. The van der Waals surface area contributed by atoms with Crippen molar-refractivity contribution >= 4 is 27.3 Å². The summed E-state index contributed by atoms with van der Waals surface area (Å²) in [6, 6.07) is 2.83. The molecule has 0 amide bonds. The van der Waals surface area contributed by atoms with E-state index in [-0.39, 0.29) is 6.04 Å². The van der Waals surface area contributed by atoms with E-state index in [9.17, 15) is 0 Å². The summed E-state index contributed by atoms with van der Waals surface area (Å²) in [6.45, 7) is 9.02. The minimum Gasteiger partial charge on any atom is -0.326 e. The van der Waals surface area contributed by atoms with E-state index in [4.69, 9.17) is 5.73 Å². The first-order chi connectivity index (χ1) is 9.63. The van der Waals surface area contributed by atoms with Crippen molar-refractivity contribution in [3.8, 4) is 0 Å². The second-order valence-electron chi connectivity index (χ2n) is 5.43. The molecule has 4 heteroatoms. The molecule has 0 radical (unpaired) electrons. The number of rotatable bonds is 10. The predicted octanol–water partition coefficient (Wildman–Crippen LogP) is 5.19. The molecule has 0 bridgehead atoms. The lowest BCUT2D eigenvalue weighted by atomic mass is 10.0. The Bertz CT molecular complexity index is 359. The second kappa shape index (κ2) is 9.93. The maximum atomic E-state index is 6.45. The van der Waals surface area contributed by atoms with Crippen LogP contribution in [-0.2, 0) is 0 Å². The van der Waals surface area contributed by atoms with Crippen LogP contribution in [0.4, 0.5) is 0 Å². The smallest absolute Gasteiger partial charge is 0.0593 e. The average Bonchev–Trinajstić information content (AvgIpc) is 2.87. The highest BCUT2D eigenvalue weighted by Crippen LogP contribution is 2.32. The van der Waals surface area contributed by atoms with E-state index in [0.29, 0.717) is 6.04 Å². The lowest BCUT2D eigenvalue weighted by molar-refractivity contribution is 0.167. The molecule has 0 aliphatic heterocycles. The first kappa shape index (κ1) is 18.1. The van der Waals surface area contributed by atoms with Gasteiger partial charge in [0.25, 0.3) is 0 Å². The molecule has 116 valence electrons. The highest BCUT2D eigenvalue weighted by Gasteiger charge is 2.26. The molecule has 2 nitrogen and oxygen atoms in total. The van der Waals surface area contributed by atoms with Crippen molar-refractivity contribution in [3.63, 3.8) is 0 Å². The Morgan fingerprint density at radius 1 is 1.20 bits per heavy atom. The summed E-state index contributed by atoms with van der Waals surface area (Å²) in [5.74, 6) is 0. The summed E-state index contributed by atoms with van der Waals surface area (Å²) >= 11 is 5.41. The molecule has 1 heterocycles. The summed E-state index contributed by atoms with van der Waals surface area (Å²) in [7, 11) is 0. The largest absolute Gasteiger partial charge is 0.326 e. The van der Waals surface area contributed by atoms with Gasteiger partial charge in [0.2, 0.25) is 0 Å². The third kappa shape index (κ3) is 5.47. The maximum Gasteiger partial charge on any atom is 0.0593 e. The van der Waals surface area contributed by atoms with Gasteiger partial charge in [-0.25, -0.2) is 0 Å². The standard InChI is InChI=1S/C16H29BrN2S/c1-4-7-9-19(10-8-5-2)16(14(18)6-3)15-11-13(17)12-20-15/h11-12,14,16H,4-10,18H2,1-3H3. The molecule has 0 aromatic carbocycles. The molecule has 1 aromatic heterocycles. The van der Waals surface area contributed by atoms with Crippen LogP contribution in [-0.4, -0.2) is 24.0 Å². The van der Waals surface area contributed by atoms with E-state index in [1.807, 2.05) is 11.3 Å². The van der Waals surface area contributed by atoms with Crippen LogP contribution in [0.5, 0.6) is 0 Å². The van der Waals surface area contributed by atoms with Gasteiger partial charge in [0.05, 0.1) is 6.04 Å². The first-order valence-corrected chi connectivity index (χ1v) is 9.54. The maximum absolute atomic E-state index is 6.45. The van der Waals surface area contributed by atoms with Crippen molar-refractivity contribution in [2.45, 2.75) is 65.0 Å². The number of halogens is 1. The molecule has 0 saturated carbocycles. The van der Waals surface area contributed by atoms with Gasteiger partial charge < -0.3 is 5.73 Å². The van der Waals surface area contributed by atoms with Gasteiger partial charge in [0.15, 0.2) is 0 Å². The molecule has 20 heavy (non-hydrogen) atoms. The van der Waals surface area contributed by atoms with Crippen LogP contribution >= 0.6 is 27.3 Å². The van der Waals surface area contributed by atoms with Gasteiger partial charge in [0, 0.05) is 20.8 Å². The van der Waals surface area contributed by atoms with Crippen molar-refractivity contribution in [1.29, 1.82) is 0 Å². The van der Waals surface area contributed by atoms with Crippen LogP contribution in [0.15, 0.2) is 15.9 Å². The Balaban J connectivity index is 2.90. The van der Waals surface area contributed by atoms with Gasteiger partial charge in [-0.3, -0.25) is 4.90 Å². The Kier molecular flexibility index (Phi) is 9.01. The normalized spacial score (nSPS) is 14.7. The fourth-order valence-corrected chi connectivity index (χ4v) is 4.13. The first-order valence-electron chi connectivity index (χ1n) is 7.87. The van der Waals surface area contributed by atoms with Gasteiger partial charge in [-0.15, -0.1) is 11.3 Å². The lowest BCUT2D eigenvalue weighted by Crippen LogP contribution is -2.41. The molecule has 0 saturated heterocycles. The van der Waals surface area contributed by atoms with Gasteiger partial charge in [0.1, 0.15) is 0 Å². The molecule has 1 aromatic rings. The number of thiophene rings is 1. The van der Waals surface area contributed by atoms with Gasteiger partial charge in [-0.2, -0.15) is 0 Å². The van der Waals surface area contributed by atoms with Crippen LogP contribution in [0.2, 0.25) is 0 Å². The zero-order valence-electron chi connectivity index (χ0n) is 13.1. The number of hydrogen-bond acceptors (Lipinski definition) is 3. The van der Waals surface area contributed by atoms with Gasteiger partial charge >= 0.3 is 0 Å². The highest BCUT2D eigenvalue weighted by molar-refractivity contribution is 9.10. The lowest BCUT2D eigenvalue weighted by Gasteiger charge is -2.35. The molecular formula is C16H29BrN2S. The predicted molar refractivity (Wildman–Crippen MR) is 94.4 cm³/mol. The van der Waals surface area contributed by atoms with Gasteiger partial charge in [-0.05, 0) is 54.3 Å². The van der Waals surface area contributed by atoms with Crippen LogP contribution in [0.1, 0.15) is 63.8 Å². The minimum atomic E-state index is 0.217. The van der Waals surface area contributed by atoms with E-state index in [2.05, 4.69) is 53.0 Å². The average molecular weight is 361 g/mol. The summed E-state index contributed by atoms with van der Waals surface area (Å²) in [6.07, 6.45) is 6.01. The quantitative estimate of drug-likeness (QED) is 0.621. The molecule has 0 fully saturated rings.